The summed E-state index contributed by atoms with van der Waals surface area (Å²) >= 11 is 5.91. The molecule has 0 amide bonds. The van der Waals surface area contributed by atoms with Gasteiger partial charge >= 0.3 is 0 Å². The van der Waals surface area contributed by atoms with E-state index < -0.39 is 0 Å². The number of aromatic amines is 1. The van der Waals surface area contributed by atoms with Crippen LogP contribution in [0.2, 0.25) is 5.02 Å². The summed E-state index contributed by atoms with van der Waals surface area (Å²) in [6, 6.07) is 11.0. The zero-order valence-electron chi connectivity index (χ0n) is 13.5. The third kappa shape index (κ3) is 3.00. The monoisotopic (exact) mass is 345 g/mol. The number of H-pyrrole nitrogens is 1. The quantitative estimate of drug-likeness (QED) is 0.761. The Bertz CT molecular complexity index is 822. The van der Waals surface area contributed by atoms with E-state index in [1.54, 1.807) is 45.6 Å². The molecule has 7 heteroatoms. The molecule has 0 saturated carbocycles. The predicted molar refractivity (Wildman–Crippen MR) is 91.9 cm³/mol. The molecule has 3 rings (SSSR count). The molecule has 0 radical (unpaired) electrons. The maximum atomic E-state index is 5.91. The Labute approximate surface area is 144 Å². The first-order chi connectivity index (χ1) is 11.7. The summed E-state index contributed by atoms with van der Waals surface area (Å²) < 4.78 is 16.0. The van der Waals surface area contributed by atoms with Crippen molar-refractivity contribution >= 4 is 11.6 Å². The molecule has 0 unspecified atom stereocenters. The third-order valence-corrected chi connectivity index (χ3v) is 3.78. The van der Waals surface area contributed by atoms with Crippen molar-refractivity contribution in [3.63, 3.8) is 0 Å². The standard InChI is InChI=1S/C17H16ClN3O3/c1-22-13-8-11(9-14(23-2)15(13)24-3)17-19-16(20-21-17)10-4-6-12(18)7-5-10/h4-9H,1-3H3,(H,19,20,21). The van der Waals surface area contributed by atoms with Crippen molar-refractivity contribution in [1.82, 2.24) is 15.2 Å². The number of aromatic nitrogens is 3. The highest BCUT2D eigenvalue weighted by atomic mass is 35.5. The summed E-state index contributed by atoms with van der Waals surface area (Å²) in [5.41, 5.74) is 1.64. The molecule has 1 N–H and O–H groups in total. The topological polar surface area (TPSA) is 69.3 Å². The van der Waals surface area contributed by atoms with Gasteiger partial charge in [0.15, 0.2) is 23.1 Å². The van der Waals surface area contributed by atoms with E-state index in [0.717, 1.165) is 11.1 Å². The fourth-order valence-electron chi connectivity index (χ4n) is 2.34. The van der Waals surface area contributed by atoms with Gasteiger partial charge in [0.2, 0.25) is 5.75 Å². The first-order valence-corrected chi connectivity index (χ1v) is 7.52. The number of rotatable bonds is 5. The summed E-state index contributed by atoms with van der Waals surface area (Å²) in [4.78, 5) is 4.53. The lowest BCUT2D eigenvalue weighted by molar-refractivity contribution is 0.324. The minimum absolute atomic E-state index is 0.525. The molecule has 0 fully saturated rings. The van der Waals surface area contributed by atoms with Crippen LogP contribution in [0.15, 0.2) is 36.4 Å². The number of nitrogens with one attached hydrogen (secondary N) is 1. The van der Waals surface area contributed by atoms with Gasteiger partial charge < -0.3 is 14.2 Å². The fraction of sp³-hybridized carbons (Fsp3) is 0.176. The molecule has 0 saturated heterocycles. The fourth-order valence-corrected chi connectivity index (χ4v) is 2.46. The molecular weight excluding hydrogens is 330 g/mol. The highest BCUT2D eigenvalue weighted by molar-refractivity contribution is 6.30. The van der Waals surface area contributed by atoms with E-state index in [1.165, 1.54) is 0 Å². The Kier molecular flexibility index (Phi) is 4.57. The molecule has 0 aliphatic heterocycles. The number of hydrogen-bond donors (Lipinski definition) is 1. The summed E-state index contributed by atoms with van der Waals surface area (Å²) in [5, 5.41) is 7.87. The maximum absolute atomic E-state index is 5.91. The number of hydrogen-bond acceptors (Lipinski definition) is 5. The zero-order valence-corrected chi connectivity index (χ0v) is 14.2. The lowest BCUT2D eigenvalue weighted by Gasteiger charge is -2.12. The number of nitrogens with zero attached hydrogens (tertiary/aromatic N) is 2. The van der Waals surface area contributed by atoms with Crippen LogP contribution in [0.3, 0.4) is 0 Å². The van der Waals surface area contributed by atoms with E-state index >= 15 is 0 Å². The van der Waals surface area contributed by atoms with Crippen LogP contribution in [0.25, 0.3) is 22.8 Å². The van der Waals surface area contributed by atoms with E-state index in [1.807, 2.05) is 12.1 Å². The van der Waals surface area contributed by atoms with E-state index in [-0.39, 0.29) is 0 Å². The highest BCUT2D eigenvalue weighted by Crippen LogP contribution is 2.40. The van der Waals surface area contributed by atoms with Gasteiger partial charge in [0.1, 0.15) is 0 Å². The van der Waals surface area contributed by atoms with Gasteiger partial charge in [-0.15, -0.1) is 0 Å². The molecule has 24 heavy (non-hydrogen) atoms. The van der Waals surface area contributed by atoms with Crippen LogP contribution in [-0.4, -0.2) is 36.5 Å². The lowest BCUT2D eigenvalue weighted by atomic mass is 10.1. The van der Waals surface area contributed by atoms with Gasteiger partial charge in [-0.1, -0.05) is 11.6 Å². The Morgan fingerprint density at radius 1 is 0.875 bits per heavy atom. The molecule has 0 bridgehead atoms. The number of benzene rings is 2. The van der Waals surface area contributed by atoms with Crippen LogP contribution in [-0.2, 0) is 0 Å². The smallest absolute Gasteiger partial charge is 0.203 e. The molecular formula is C17H16ClN3O3. The van der Waals surface area contributed by atoms with Crippen molar-refractivity contribution < 1.29 is 14.2 Å². The predicted octanol–water partition coefficient (Wildman–Crippen LogP) is 3.82. The zero-order chi connectivity index (χ0) is 17.1. The second-order valence-corrected chi connectivity index (χ2v) is 5.36. The van der Waals surface area contributed by atoms with Crippen LogP contribution in [0.1, 0.15) is 0 Å². The van der Waals surface area contributed by atoms with Crippen LogP contribution >= 0.6 is 11.6 Å². The largest absolute Gasteiger partial charge is 0.493 e. The van der Waals surface area contributed by atoms with E-state index in [0.29, 0.717) is 33.9 Å². The third-order valence-electron chi connectivity index (χ3n) is 3.53. The Balaban J connectivity index is 2.02. The number of methoxy groups -OCH3 is 3. The molecule has 1 aromatic heterocycles. The molecule has 6 nitrogen and oxygen atoms in total. The second kappa shape index (κ2) is 6.80. The summed E-state index contributed by atoms with van der Waals surface area (Å²) in [6.45, 7) is 0. The van der Waals surface area contributed by atoms with Gasteiger partial charge in [-0.2, -0.15) is 5.10 Å². The summed E-state index contributed by atoms with van der Waals surface area (Å²) in [7, 11) is 4.70. The Morgan fingerprint density at radius 2 is 1.50 bits per heavy atom. The molecule has 0 spiro atoms. The molecule has 0 aliphatic carbocycles. The van der Waals surface area contributed by atoms with Crippen molar-refractivity contribution in [2.75, 3.05) is 21.3 Å². The van der Waals surface area contributed by atoms with Crippen molar-refractivity contribution in [3.8, 4) is 40.0 Å². The first kappa shape index (κ1) is 16.1. The van der Waals surface area contributed by atoms with Crippen molar-refractivity contribution in [2.24, 2.45) is 0 Å². The molecule has 1 heterocycles. The molecule has 0 aliphatic rings. The van der Waals surface area contributed by atoms with Crippen LogP contribution < -0.4 is 14.2 Å². The van der Waals surface area contributed by atoms with Gasteiger partial charge in [0.25, 0.3) is 0 Å². The van der Waals surface area contributed by atoms with E-state index in [2.05, 4.69) is 15.2 Å². The first-order valence-electron chi connectivity index (χ1n) is 7.15. The van der Waals surface area contributed by atoms with Gasteiger partial charge in [-0.3, -0.25) is 5.10 Å². The Morgan fingerprint density at radius 3 is 2.04 bits per heavy atom. The number of ether oxygens (including phenoxy) is 3. The number of halogens is 1. The van der Waals surface area contributed by atoms with Gasteiger partial charge in [-0.05, 0) is 36.4 Å². The SMILES string of the molecule is COc1cc(-c2n[nH]c(-c3ccc(Cl)cc3)n2)cc(OC)c1OC. The lowest BCUT2D eigenvalue weighted by Crippen LogP contribution is -1.96. The molecule has 3 aromatic rings. The minimum Gasteiger partial charge on any atom is -0.493 e. The average Bonchev–Trinajstić information content (AvgIpc) is 3.11. The summed E-state index contributed by atoms with van der Waals surface area (Å²) in [5.74, 6) is 2.79. The molecule has 124 valence electrons. The van der Waals surface area contributed by atoms with E-state index in [4.69, 9.17) is 25.8 Å². The summed E-state index contributed by atoms with van der Waals surface area (Å²) in [6.07, 6.45) is 0. The van der Waals surface area contributed by atoms with Gasteiger partial charge in [-0.25, -0.2) is 4.98 Å². The molecule has 2 aromatic carbocycles. The highest BCUT2D eigenvalue weighted by Gasteiger charge is 2.16. The normalized spacial score (nSPS) is 10.5. The Hall–Kier alpha value is -2.73. The van der Waals surface area contributed by atoms with Crippen LogP contribution in [0.4, 0.5) is 0 Å². The second-order valence-electron chi connectivity index (χ2n) is 4.93. The van der Waals surface area contributed by atoms with Crippen molar-refractivity contribution in [1.29, 1.82) is 0 Å². The van der Waals surface area contributed by atoms with Crippen LogP contribution in [0.5, 0.6) is 17.2 Å². The van der Waals surface area contributed by atoms with Gasteiger partial charge in [0.05, 0.1) is 21.3 Å². The van der Waals surface area contributed by atoms with Gasteiger partial charge in [0, 0.05) is 16.1 Å². The molecule has 0 atom stereocenters. The van der Waals surface area contributed by atoms with E-state index in [9.17, 15) is 0 Å². The maximum Gasteiger partial charge on any atom is 0.203 e. The van der Waals surface area contributed by atoms with Crippen molar-refractivity contribution in [3.05, 3.63) is 41.4 Å². The average molecular weight is 346 g/mol. The van der Waals surface area contributed by atoms with Crippen molar-refractivity contribution in [2.45, 2.75) is 0 Å². The minimum atomic E-state index is 0.525. The van der Waals surface area contributed by atoms with Crippen LogP contribution in [0, 0.1) is 0 Å².